The van der Waals surface area contributed by atoms with Crippen LogP contribution < -0.4 is 10.7 Å². The van der Waals surface area contributed by atoms with E-state index in [1.54, 1.807) is 18.5 Å². The first kappa shape index (κ1) is 15.5. The Morgan fingerprint density at radius 3 is 2.68 bits per heavy atom. The zero-order valence-corrected chi connectivity index (χ0v) is 14.0. The number of pyridine rings is 2. The van der Waals surface area contributed by atoms with Crippen molar-refractivity contribution in [3.8, 4) is 0 Å². The molecule has 2 aromatic heterocycles. The van der Waals surface area contributed by atoms with Crippen molar-refractivity contribution >= 4 is 39.0 Å². The minimum Gasteiger partial charge on any atom is -0.379 e. The van der Waals surface area contributed by atoms with Crippen molar-refractivity contribution in [2.45, 2.75) is 6.54 Å². The van der Waals surface area contributed by atoms with Gasteiger partial charge in [-0.1, -0.05) is 29.8 Å². The molecule has 0 radical (unpaired) electrons. The zero-order valence-electron chi connectivity index (χ0n) is 13.2. The van der Waals surface area contributed by atoms with E-state index in [1.807, 2.05) is 48.5 Å². The first-order valence-electron chi connectivity index (χ1n) is 7.87. The number of hydrogen-bond donors (Lipinski definition) is 1. The third kappa shape index (κ3) is 3.16. The quantitative estimate of drug-likeness (QED) is 0.596. The molecule has 4 rings (SSSR count). The van der Waals surface area contributed by atoms with Crippen molar-refractivity contribution < 1.29 is 0 Å². The molecule has 0 bridgehead atoms. The van der Waals surface area contributed by atoms with E-state index in [4.69, 9.17) is 11.6 Å². The van der Waals surface area contributed by atoms with Gasteiger partial charge in [-0.05, 0) is 41.8 Å². The van der Waals surface area contributed by atoms with E-state index < -0.39 is 0 Å². The number of rotatable bonds is 3. The molecule has 4 nitrogen and oxygen atoms in total. The fraction of sp³-hybridized carbons (Fsp3) is 0.0500. The topological polar surface area (TPSA) is 54.9 Å². The van der Waals surface area contributed by atoms with Crippen molar-refractivity contribution in [1.82, 2.24) is 9.97 Å². The largest absolute Gasteiger partial charge is 0.379 e. The van der Waals surface area contributed by atoms with Gasteiger partial charge in [-0.2, -0.15) is 0 Å². The normalized spacial score (nSPS) is 10.9. The Balaban J connectivity index is 1.80. The standard InChI is InChI=1S/C20H14ClN3O/c21-14-9-18-19(24-11-14)7-5-13-4-6-15(10-17(13)20(18)25)23-12-16-3-1-2-8-22-16/h1-11,23H,12H2. The highest BCUT2D eigenvalue weighted by Gasteiger charge is 2.05. The van der Waals surface area contributed by atoms with Gasteiger partial charge >= 0.3 is 0 Å². The Kier molecular flexibility index (Phi) is 4.04. The lowest BCUT2D eigenvalue weighted by atomic mass is 10.1. The molecule has 1 N–H and O–H groups in total. The summed E-state index contributed by atoms with van der Waals surface area (Å²) in [6.07, 6.45) is 3.31. The number of fused-ring (bicyclic) bond motifs is 2. The van der Waals surface area contributed by atoms with E-state index in [0.29, 0.717) is 27.9 Å². The van der Waals surface area contributed by atoms with Crippen molar-refractivity contribution in [2.75, 3.05) is 5.32 Å². The van der Waals surface area contributed by atoms with Gasteiger partial charge in [0.05, 0.1) is 22.8 Å². The number of hydrogen-bond acceptors (Lipinski definition) is 4. The fourth-order valence-electron chi connectivity index (χ4n) is 2.78. The van der Waals surface area contributed by atoms with Gasteiger partial charge in [-0.15, -0.1) is 0 Å². The molecule has 0 saturated carbocycles. The second-order valence-corrected chi connectivity index (χ2v) is 6.16. The highest BCUT2D eigenvalue weighted by molar-refractivity contribution is 6.31. The molecule has 25 heavy (non-hydrogen) atoms. The highest BCUT2D eigenvalue weighted by Crippen LogP contribution is 2.20. The molecular weight excluding hydrogens is 334 g/mol. The van der Waals surface area contributed by atoms with E-state index >= 15 is 0 Å². The van der Waals surface area contributed by atoms with E-state index in [0.717, 1.165) is 16.8 Å². The van der Waals surface area contributed by atoms with Crippen LogP contribution in [-0.4, -0.2) is 9.97 Å². The van der Waals surface area contributed by atoms with Crippen molar-refractivity contribution in [3.05, 3.63) is 87.9 Å². The van der Waals surface area contributed by atoms with Gasteiger partial charge in [0.25, 0.3) is 0 Å². The SMILES string of the molecule is O=c1c2cc(NCc3ccccn3)ccc2ccc2ncc(Cl)cc12. The van der Waals surface area contributed by atoms with Crippen LogP contribution in [-0.2, 0) is 6.54 Å². The molecule has 5 heteroatoms. The monoisotopic (exact) mass is 347 g/mol. The summed E-state index contributed by atoms with van der Waals surface area (Å²) >= 11 is 6.01. The van der Waals surface area contributed by atoms with Gasteiger partial charge in [-0.25, -0.2) is 0 Å². The van der Waals surface area contributed by atoms with Crippen LogP contribution >= 0.6 is 11.6 Å². The lowest BCUT2D eigenvalue weighted by Gasteiger charge is -2.06. The number of benzene rings is 1. The van der Waals surface area contributed by atoms with Crippen LogP contribution in [0.4, 0.5) is 5.69 Å². The maximum Gasteiger partial charge on any atom is 0.195 e. The van der Waals surface area contributed by atoms with Crippen LogP contribution in [0.2, 0.25) is 5.02 Å². The second kappa shape index (κ2) is 6.49. The number of aromatic nitrogens is 2. The Morgan fingerprint density at radius 2 is 1.84 bits per heavy atom. The van der Waals surface area contributed by atoms with E-state index in [-0.39, 0.29) is 5.43 Å². The summed E-state index contributed by atoms with van der Waals surface area (Å²) in [6, 6.07) is 16.9. The van der Waals surface area contributed by atoms with Crippen LogP contribution in [0, 0.1) is 0 Å². The summed E-state index contributed by atoms with van der Waals surface area (Å²) in [5, 5.41) is 5.77. The summed E-state index contributed by atoms with van der Waals surface area (Å²) in [5.74, 6) is 0. The third-order valence-electron chi connectivity index (χ3n) is 4.05. The average Bonchev–Trinajstić information content (AvgIpc) is 2.78. The maximum absolute atomic E-state index is 12.9. The van der Waals surface area contributed by atoms with E-state index in [2.05, 4.69) is 15.3 Å². The molecular formula is C20H14ClN3O. The van der Waals surface area contributed by atoms with Crippen LogP contribution in [0.1, 0.15) is 5.69 Å². The first-order valence-corrected chi connectivity index (χ1v) is 8.25. The lowest BCUT2D eigenvalue weighted by molar-refractivity contribution is 1.05. The average molecular weight is 348 g/mol. The van der Waals surface area contributed by atoms with Gasteiger partial charge < -0.3 is 5.32 Å². The number of halogens is 1. The van der Waals surface area contributed by atoms with Crippen molar-refractivity contribution in [1.29, 1.82) is 0 Å². The molecule has 0 fully saturated rings. The van der Waals surface area contributed by atoms with Crippen molar-refractivity contribution in [3.63, 3.8) is 0 Å². The van der Waals surface area contributed by atoms with Gasteiger partial charge in [0.2, 0.25) is 0 Å². The molecule has 0 atom stereocenters. The van der Waals surface area contributed by atoms with Gasteiger partial charge in [0.1, 0.15) is 0 Å². The van der Waals surface area contributed by atoms with Crippen LogP contribution in [0.3, 0.4) is 0 Å². The molecule has 2 heterocycles. The molecule has 0 saturated heterocycles. The van der Waals surface area contributed by atoms with Gasteiger partial charge in [0, 0.05) is 28.9 Å². The summed E-state index contributed by atoms with van der Waals surface area (Å²) in [5.41, 5.74) is 2.36. The summed E-state index contributed by atoms with van der Waals surface area (Å²) < 4.78 is 0. The molecule has 0 unspecified atom stereocenters. The Hall–Kier alpha value is -2.98. The van der Waals surface area contributed by atoms with E-state index in [1.165, 1.54) is 0 Å². The predicted molar refractivity (Wildman–Crippen MR) is 102 cm³/mol. The van der Waals surface area contributed by atoms with Crippen LogP contribution in [0.15, 0.2) is 71.8 Å². The highest BCUT2D eigenvalue weighted by atomic mass is 35.5. The Labute approximate surface area is 149 Å². The molecule has 2 aromatic carbocycles. The van der Waals surface area contributed by atoms with Crippen LogP contribution in [0.5, 0.6) is 0 Å². The van der Waals surface area contributed by atoms with Crippen LogP contribution in [0.25, 0.3) is 21.7 Å². The minimum atomic E-state index is -0.0773. The smallest absolute Gasteiger partial charge is 0.195 e. The van der Waals surface area contributed by atoms with Crippen molar-refractivity contribution in [2.24, 2.45) is 0 Å². The van der Waals surface area contributed by atoms with Gasteiger partial charge in [0.15, 0.2) is 5.43 Å². The molecule has 0 aliphatic carbocycles. The molecule has 122 valence electrons. The Bertz CT molecular complexity index is 1130. The first-order chi connectivity index (χ1) is 12.2. The maximum atomic E-state index is 12.9. The number of nitrogens with one attached hydrogen (secondary N) is 1. The van der Waals surface area contributed by atoms with Gasteiger partial charge in [-0.3, -0.25) is 14.8 Å². The Morgan fingerprint density at radius 1 is 0.960 bits per heavy atom. The molecule has 0 amide bonds. The predicted octanol–water partition coefficient (Wildman–Crippen LogP) is 4.41. The molecule has 0 aliphatic rings. The van der Waals surface area contributed by atoms with E-state index in [9.17, 15) is 4.79 Å². The third-order valence-corrected chi connectivity index (χ3v) is 4.25. The molecule has 0 aliphatic heterocycles. The zero-order chi connectivity index (χ0) is 17.2. The molecule has 0 spiro atoms. The number of anilines is 1. The number of nitrogens with zero attached hydrogens (tertiary/aromatic N) is 2. The lowest BCUT2D eigenvalue weighted by Crippen LogP contribution is -2.03. The minimum absolute atomic E-state index is 0.0773. The summed E-state index contributed by atoms with van der Waals surface area (Å²) in [6.45, 7) is 0.591. The second-order valence-electron chi connectivity index (χ2n) is 5.73. The fourth-order valence-corrected chi connectivity index (χ4v) is 2.94. The summed E-state index contributed by atoms with van der Waals surface area (Å²) in [4.78, 5) is 21.5. The molecule has 4 aromatic rings. The summed E-state index contributed by atoms with van der Waals surface area (Å²) in [7, 11) is 0.